The molecule has 0 spiro atoms. The molecule has 4 rings (SSSR count). The molecule has 7 atom stereocenters. The van der Waals surface area contributed by atoms with Crippen LogP contribution in [0.15, 0.2) is 11.6 Å². The number of alkyl halides is 1. The first-order chi connectivity index (χ1) is 10.1. The third-order valence-electron chi connectivity index (χ3n) is 7.59. The van der Waals surface area contributed by atoms with Gasteiger partial charge in [0.25, 0.3) is 0 Å². The Morgan fingerprint density at radius 2 is 2.05 bits per heavy atom. The summed E-state index contributed by atoms with van der Waals surface area (Å²) in [5, 5.41) is 0. The van der Waals surface area contributed by atoms with Gasteiger partial charge in [-0.05, 0) is 80.5 Å². The number of rotatable bonds is 0. The lowest BCUT2D eigenvalue weighted by molar-refractivity contribution is -0.00499. The maximum Gasteiger partial charge on any atom is 0.104 e. The smallest absolute Gasteiger partial charge is 0.104 e. The molecule has 0 amide bonds. The highest BCUT2D eigenvalue weighted by atomic mass is 19.1. The molecule has 4 aliphatic rings. The van der Waals surface area contributed by atoms with E-state index in [2.05, 4.69) is 18.9 Å². The lowest BCUT2D eigenvalue weighted by atomic mass is 9.52. The van der Waals surface area contributed by atoms with Gasteiger partial charge < -0.3 is 0 Å². The summed E-state index contributed by atoms with van der Waals surface area (Å²) in [6.45, 7) is 2.46. The van der Waals surface area contributed by atoms with Gasteiger partial charge >= 0.3 is 0 Å². The second-order valence-electron chi connectivity index (χ2n) is 8.28. The number of halogens is 1. The van der Waals surface area contributed by atoms with Crippen molar-refractivity contribution in [2.45, 2.75) is 64.5 Å². The third kappa shape index (κ3) is 1.94. The Kier molecular flexibility index (Phi) is 3.21. The molecule has 1 unspecified atom stereocenters. The van der Waals surface area contributed by atoms with E-state index in [1.54, 1.807) is 0 Å². The fraction of sp³-hybridized carbons (Fsp3) is 0.800. The minimum Gasteiger partial charge on any atom is -0.247 e. The highest BCUT2D eigenvalue weighted by molar-refractivity contribution is 5.21. The molecule has 114 valence electrons. The van der Waals surface area contributed by atoms with E-state index in [0.717, 1.165) is 37.0 Å². The Morgan fingerprint density at radius 1 is 1.19 bits per heavy atom. The number of fused-ring (bicyclic) bond motifs is 5. The van der Waals surface area contributed by atoms with Crippen molar-refractivity contribution in [3.05, 3.63) is 11.6 Å². The highest BCUT2D eigenvalue weighted by Gasteiger charge is 2.55. The van der Waals surface area contributed by atoms with Crippen molar-refractivity contribution in [3.63, 3.8) is 0 Å². The largest absolute Gasteiger partial charge is 0.247 e. The zero-order valence-corrected chi connectivity index (χ0v) is 13.2. The number of hydrogen-bond acceptors (Lipinski definition) is 0. The summed E-state index contributed by atoms with van der Waals surface area (Å²) in [5.74, 6) is 6.76. The van der Waals surface area contributed by atoms with Gasteiger partial charge in [0, 0.05) is 5.92 Å². The van der Waals surface area contributed by atoms with Crippen molar-refractivity contribution in [2.75, 3.05) is 0 Å². The van der Waals surface area contributed by atoms with Crippen molar-refractivity contribution in [3.8, 4) is 12.3 Å². The highest BCUT2D eigenvalue weighted by Crippen LogP contribution is 2.63. The predicted octanol–water partition coefficient (Wildman–Crippen LogP) is 5.15. The van der Waals surface area contributed by atoms with E-state index >= 15 is 0 Å². The molecular weight excluding hydrogens is 259 g/mol. The molecule has 1 heteroatoms. The predicted molar refractivity (Wildman–Crippen MR) is 84.3 cm³/mol. The average Bonchev–Trinajstić information content (AvgIpc) is 2.83. The molecular formula is C20H27F. The molecule has 0 N–H and O–H groups in total. The van der Waals surface area contributed by atoms with Crippen molar-refractivity contribution in [1.29, 1.82) is 0 Å². The maximum atomic E-state index is 13.7. The van der Waals surface area contributed by atoms with Crippen LogP contribution in [0.4, 0.5) is 4.39 Å². The fourth-order valence-electron chi connectivity index (χ4n) is 6.50. The van der Waals surface area contributed by atoms with Crippen molar-refractivity contribution in [1.82, 2.24) is 0 Å². The van der Waals surface area contributed by atoms with Gasteiger partial charge in [0.05, 0.1) is 0 Å². The second kappa shape index (κ2) is 4.87. The SMILES string of the molecule is C#C[C@@H]1CC[C@H]2[C@@H]3CC=C4CC(F)CC[C@@H]4[C@H]3CC[C@]12C. The zero-order valence-electron chi connectivity index (χ0n) is 13.2. The summed E-state index contributed by atoms with van der Waals surface area (Å²) in [4.78, 5) is 0. The molecule has 0 aromatic rings. The van der Waals surface area contributed by atoms with E-state index in [1.807, 2.05) is 0 Å². The fourth-order valence-corrected chi connectivity index (χ4v) is 6.50. The molecule has 3 fully saturated rings. The monoisotopic (exact) mass is 286 g/mol. The Labute approximate surface area is 128 Å². The number of terminal acetylenes is 1. The lowest BCUT2D eigenvalue weighted by Crippen LogP contribution is -2.45. The first-order valence-electron chi connectivity index (χ1n) is 8.92. The quantitative estimate of drug-likeness (QED) is 0.427. The maximum absolute atomic E-state index is 13.7. The van der Waals surface area contributed by atoms with E-state index < -0.39 is 6.17 Å². The van der Waals surface area contributed by atoms with Crippen LogP contribution in [0.3, 0.4) is 0 Å². The summed E-state index contributed by atoms with van der Waals surface area (Å²) in [7, 11) is 0. The molecule has 0 radical (unpaired) electrons. The van der Waals surface area contributed by atoms with Crippen LogP contribution in [0.25, 0.3) is 0 Å². The molecule has 0 nitrogen and oxygen atoms in total. The molecule has 0 heterocycles. The van der Waals surface area contributed by atoms with E-state index in [-0.39, 0.29) is 0 Å². The molecule has 21 heavy (non-hydrogen) atoms. The molecule has 0 saturated heterocycles. The second-order valence-corrected chi connectivity index (χ2v) is 8.28. The van der Waals surface area contributed by atoms with E-state index in [4.69, 9.17) is 6.42 Å². The van der Waals surface area contributed by atoms with Gasteiger partial charge in [-0.2, -0.15) is 0 Å². The van der Waals surface area contributed by atoms with E-state index in [0.29, 0.717) is 17.3 Å². The van der Waals surface area contributed by atoms with Crippen LogP contribution in [0, 0.1) is 47.3 Å². The summed E-state index contributed by atoms with van der Waals surface area (Å²) in [6, 6.07) is 0. The Hall–Kier alpha value is -0.770. The van der Waals surface area contributed by atoms with Crippen molar-refractivity contribution in [2.24, 2.45) is 35.0 Å². The van der Waals surface area contributed by atoms with E-state index in [1.165, 1.54) is 37.7 Å². The van der Waals surface area contributed by atoms with Crippen LogP contribution in [0.5, 0.6) is 0 Å². The van der Waals surface area contributed by atoms with Gasteiger partial charge in [-0.25, -0.2) is 4.39 Å². The van der Waals surface area contributed by atoms with Crippen molar-refractivity contribution < 1.29 is 4.39 Å². The van der Waals surface area contributed by atoms with Crippen molar-refractivity contribution >= 4 is 0 Å². The van der Waals surface area contributed by atoms with Crippen LogP contribution >= 0.6 is 0 Å². The topological polar surface area (TPSA) is 0 Å². The van der Waals surface area contributed by atoms with Crippen LogP contribution in [0.1, 0.15) is 58.3 Å². The normalized spacial score (nSPS) is 52.1. The number of hydrogen-bond donors (Lipinski definition) is 0. The van der Waals surface area contributed by atoms with Gasteiger partial charge in [0.1, 0.15) is 6.17 Å². The van der Waals surface area contributed by atoms with Crippen LogP contribution in [-0.2, 0) is 0 Å². The molecule has 0 bridgehead atoms. The van der Waals surface area contributed by atoms with Crippen LogP contribution < -0.4 is 0 Å². The minimum atomic E-state index is -0.574. The van der Waals surface area contributed by atoms with Gasteiger partial charge in [-0.1, -0.05) is 18.6 Å². The van der Waals surface area contributed by atoms with E-state index in [9.17, 15) is 4.39 Å². The van der Waals surface area contributed by atoms with Gasteiger partial charge in [0.15, 0.2) is 0 Å². The molecule has 0 aliphatic heterocycles. The molecule has 3 saturated carbocycles. The van der Waals surface area contributed by atoms with Gasteiger partial charge in [-0.3, -0.25) is 0 Å². The molecule has 0 aromatic carbocycles. The zero-order chi connectivity index (χ0) is 14.6. The Balaban J connectivity index is 1.62. The van der Waals surface area contributed by atoms with Crippen LogP contribution in [0.2, 0.25) is 0 Å². The minimum absolute atomic E-state index is 0.387. The summed E-state index contributed by atoms with van der Waals surface area (Å²) < 4.78 is 13.7. The molecule has 4 aliphatic carbocycles. The summed E-state index contributed by atoms with van der Waals surface area (Å²) in [6.07, 6.45) is 16.7. The first-order valence-corrected chi connectivity index (χ1v) is 8.92. The van der Waals surface area contributed by atoms with Gasteiger partial charge in [-0.15, -0.1) is 12.3 Å². The molecule has 0 aromatic heterocycles. The third-order valence-corrected chi connectivity index (χ3v) is 7.59. The first kappa shape index (κ1) is 13.9. The summed E-state index contributed by atoms with van der Waals surface area (Å²) >= 11 is 0. The average molecular weight is 286 g/mol. The standard InChI is InChI=1S/C20H27F/c1-3-14-5-9-19-18-7-4-13-12-15(21)6-8-16(13)17(18)10-11-20(14,19)2/h1,4,14-19H,5-12H2,2H3/t14-,15?,16+,17-,18-,19+,20-/m1/s1. The lowest BCUT2D eigenvalue weighted by Gasteiger charge is -2.53. The van der Waals surface area contributed by atoms with Crippen LogP contribution in [-0.4, -0.2) is 6.17 Å². The Bertz CT molecular complexity index is 498. The summed E-state index contributed by atoms with van der Waals surface area (Å²) in [5.41, 5.74) is 1.85. The Morgan fingerprint density at radius 3 is 2.86 bits per heavy atom. The van der Waals surface area contributed by atoms with Gasteiger partial charge in [0.2, 0.25) is 0 Å². The number of allylic oxidation sites excluding steroid dienone is 2.